The predicted molar refractivity (Wildman–Crippen MR) is 85.8 cm³/mol. The van der Waals surface area contributed by atoms with E-state index in [4.69, 9.17) is 5.73 Å². The first kappa shape index (κ1) is 16.3. The summed E-state index contributed by atoms with van der Waals surface area (Å²) in [4.78, 5) is 2.70. The number of rotatable bonds is 6. The molecule has 0 unspecified atom stereocenters. The summed E-state index contributed by atoms with van der Waals surface area (Å²) in [5.74, 6) is 0. The number of hydrogen-bond acceptors (Lipinski definition) is 4. The number of sulfonamides is 1. The molecule has 0 saturated carbocycles. The van der Waals surface area contributed by atoms with E-state index < -0.39 is 10.0 Å². The summed E-state index contributed by atoms with van der Waals surface area (Å²) >= 11 is 0. The molecule has 0 aromatic heterocycles. The lowest BCUT2D eigenvalue weighted by atomic mass is 10.1. The first-order chi connectivity index (χ1) is 9.92. The van der Waals surface area contributed by atoms with E-state index in [0.717, 1.165) is 31.6 Å². The molecule has 0 amide bonds. The molecule has 118 valence electrons. The van der Waals surface area contributed by atoms with Crippen LogP contribution >= 0.6 is 0 Å². The summed E-state index contributed by atoms with van der Waals surface area (Å²) in [6.07, 6.45) is 3.35. The zero-order chi connectivity index (χ0) is 15.5. The average molecular weight is 311 g/mol. The van der Waals surface area contributed by atoms with Crippen molar-refractivity contribution in [3.8, 4) is 0 Å². The third kappa shape index (κ3) is 3.96. The fourth-order valence-corrected chi connectivity index (χ4v) is 4.41. The highest BCUT2D eigenvalue weighted by Crippen LogP contribution is 2.24. The second kappa shape index (κ2) is 6.77. The van der Waals surface area contributed by atoms with Gasteiger partial charge in [0.15, 0.2) is 0 Å². The Balaban J connectivity index is 1.97. The zero-order valence-corrected chi connectivity index (χ0v) is 13.7. The van der Waals surface area contributed by atoms with Crippen molar-refractivity contribution in [1.82, 2.24) is 9.62 Å². The first-order valence-corrected chi connectivity index (χ1v) is 8.98. The fraction of sp³-hybridized carbons (Fsp3) is 0.600. The van der Waals surface area contributed by atoms with Crippen LogP contribution in [0.4, 0.5) is 5.69 Å². The van der Waals surface area contributed by atoms with Gasteiger partial charge in [-0.15, -0.1) is 0 Å². The Kier molecular flexibility index (Phi) is 5.24. The van der Waals surface area contributed by atoms with Gasteiger partial charge in [-0.25, -0.2) is 13.1 Å². The van der Waals surface area contributed by atoms with Gasteiger partial charge in [0.05, 0.1) is 4.90 Å². The van der Waals surface area contributed by atoms with Crippen molar-refractivity contribution in [3.05, 3.63) is 23.3 Å². The summed E-state index contributed by atoms with van der Waals surface area (Å²) in [6, 6.07) is 3.50. The fourth-order valence-electron chi connectivity index (χ4n) is 2.84. The van der Waals surface area contributed by atoms with Crippen LogP contribution in [0.25, 0.3) is 0 Å². The summed E-state index contributed by atoms with van der Waals surface area (Å²) in [5.41, 5.74) is 7.69. The van der Waals surface area contributed by atoms with E-state index in [1.165, 1.54) is 12.8 Å². The Bertz CT molecular complexity index is 593. The minimum atomic E-state index is -3.49. The van der Waals surface area contributed by atoms with Crippen molar-refractivity contribution < 1.29 is 8.42 Å². The van der Waals surface area contributed by atoms with Crippen LogP contribution in [0, 0.1) is 13.8 Å². The van der Waals surface area contributed by atoms with Gasteiger partial charge in [-0.3, -0.25) is 0 Å². The predicted octanol–water partition coefficient (Wildman–Crippen LogP) is 1.65. The van der Waals surface area contributed by atoms with Crippen LogP contribution in [-0.4, -0.2) is 39.5 Å². The molecule has 1 fully saturated rings. The number of nitrogens with zero attached hydrogens (tertiary/aromatic N) is 1. The van der Waals surface area contributed by atoms with Gasteiger partial charge in [-0.1, -0.05) is 6.07 Å². The van der Waals surface area contributed by atoms with E-state index in [2.05, 4.69) is 9.62 Å². The lowest BCUT2D eigenvalue weighted by molar-refractivity contribution is 0.334. The maximum atomic E-state index is 12.4. The molecule has 1 aromatic carbocycles. The van der Waals surface area contributed by atoms with Crippen molar-refractivity contribution in [2.45, 2.75) is 38.0 Å². The number of aryl methyl sites for hydroxylation is 1. The van der Waals surface area contributed by atoms with E-state index in [9.17, 15) is 8.42 Å². The monoisotopic (exact) mass is 311 g/mol. The third-order valence-electron chi connectivity index (χ3n) is 4.06. The summed E-state index contributed by atoms with van der Waals surface area (Å²) < 4.78 is 27.6. The zero-order valence-electron chi connectivity index (χ0n) is 12.9. The number of likely N-dealkylation sites (tertiary alicyclic amines) is 1. The molecule has 0 atom stereocenters. The van der Waals surface area contributed by atoms with E-state index >= 15 is 0 Å². The Hall–Kier alpha value is -1.11. The number of hydrogen-bond donors (Lipinski definition) is 2. The number of nitrogens with one attached hydrogen (secondary N) is 1. The van der Waals surface area contributed by atoms with E-state index in [-0.39, 0.29) is 0 Å². The second-order valence-corrected chi connectivity index (χ2v) is 7.43. The minimum absolute atomic E-state index is 0.323. The van der Waals surface area contributed by atoms with Gasteiger partial charge in [0.25, 0.3) is 0 Å². The quantitative estimate of drug-likeness (QED) is 0.619. The van der Waals surface area contributed by atoms with Crippen molar-refractivity contribution >= 4 is 15.7 Å². The van der Waals surface area contributed by atoms with Crippen LogP contribution in [0.1, 0.15) is 30.4 Å². The number of nitrogen functional groups attached to an aromatic ring is 1. The Morgan fingerprint density at radius 3 is 2.57 bits per heavy atom. The topological polar surface area (TPSA) is 75.4 Å². The van der Waals surface area contributed by atoms with E-state index in [1.807, 2.05) is 0 Å². The third-order valence-corrected chi connectivity index (χ3v) is 5.81. The number of benzene rings is 1. The molecule has 1 aliphatic heterocycles. The molecule has 1 aromatic rings. The molecule has 3 N–H and O–H groups in total. The van der Waals surface area contributed by atoms with Crippen LogP contribution < -0.4 is 10.5 Å². The molecule has 0 bridgehead atoms. The molecular weight excluding hydrogens is 286 g/mol. The molecule has 5 nitrogen and oxygen atoms in total. The van der Waals surface area contributed by atoms with E-state index in [0.29, 0.717) is 22.7 Å². The van der Waals surface area contributed by atoms with Crippen LogP contribution in [0.3, 0.4) is 0 Å². The molecule has 0 spiro atoms. The minimum Gasteiger partial charge on any atom is -0.398 e. The summed E-state index contributed by atoms with van der Waals surface area (Å²) in [6.45, 7) is 7.25. The Morgan fingerprint density at radius 1 is 1.24 bits per heavy atom. The molecule has 21 heavy (non-hydrogen) atoms. The van der Waals surface area contributed by atoms with Gasteiger partial charge in [0, 0.05) is 12.2 Å². The maximum absolute atomic E-state index is 12.4. The molecule has 0 radical (unpaired) electrons. The van der Waals surface area contributed by atoms with E-state index in [1.54, 1.807) is 26.0 Å². The molecule has 0 aliphatic carbocycles. The summed E-state index contributed by atoms with van der Waals surface area (Å²) in [7, 11) is -3.49. The Labute approximate surface area is 127 Å². The largest absolute Gasteiger partial charge is 0.398 e. The van der Waals surface area contributed by atoms with Crippen molar-refractivity contribution in [3.63, 3.8) is 0 Å². The lowest BCUT2D eigenvalue weighted by Gasteiger charge is -2.16. The molecule has 1 saturated heterocycles. The molecule has 1 heterocycles. The second-order valence-electron chi connectivity index (χ2n) is 5.73. The maximum Gasteiger partial charge on any atom is 0.241 e. The first-order valence-electron chi connectivity index (χ1n) is 7.49. The lowest BCUT2D eigenvalue weighted by Crippen LogP contribution is -2.29. The van der Waals surface area contributed by atoms with Gasteiger partial charge in [0.1, 0.15) is 0 Å². The van der Waals surface area contributed by atoms with Crippen LogP contribution in [-0.2, 0) is 10.0 Å². The van der Waals surface area contributed by atoms with Crippen molar-refractivity contribution in [1.29, 1.82) is 0 Å². The van der Waals surface area contributed by atoms with Gasteiger partial charge < -0.3 is 10.6 Å². The van der Waals surface area contributed by atoms with Gasteiger partial charge in [0.2, 0.25) is 10.0 Å². The highest BCUT2D eigenvalue weighted by atomic mass is 32.2. The number of anilines is 1. The van der Waals surface area contributed by atoms with Crippen LogP contribution in [0.15, 0.2) is 17.0 Å². The van der Waals surface area contributed by atoms with Crippen LogP contribution in [0.5, 0.6) is 0 Å². The molecule has 6 heteroatoms. The highest BCUT2D eigenvalue weighted by Gasteiger charge is 2.20. The van der Waals surface area contributed by atoms with Crippen molar-refractivity contribution in [2.24, 2.45) is 0 Å². The van der Waals surface area contributed by atoms with Gasteiger partial charge in [-0.2, -0.15) is 0 Å². The summed E-state index contributed by atoms with van der Waals surface area (Å²) in [5, 5.41) is 0. The van der Waals surface area contributed by atoms with Crippen LogP contribution in [0.2, 0.25) is 0 Å². The van der Waals surface area contributed by atoms with Gasteiger partial charge >= 0.3 is 0 Å². The molecule has 1 aliphatic rings. The standard InChI is InChI=1S/C15H25N3O2S/c1-12-6-7-14(16)13(2)15(12)21(19,20)17-8-5-11-18-9-3-4-10-18/h6-7,17H,3-5,8-11,16H2,1-2H3. The molecule has 2 rings (SSSR count). The molecular formula is C15H25N3O2S. The Morgan fingerprint density at radius 2 is 1.90 bits per heavy atom. The smallest absolute Gasteiger partial charge is 0.241 e. The number of nitrogens with two attached hydrogens (primary N) is 1. The van der Waals surface area contributed by atoms with Gasteiger partial charge in [-0.05, 0) is 69.9 Å². The normalized spacial score (nSPS) is 16.5. The average Bonchev–Trinajstić information content (AvgIpc) is 2.92. The SMILES string of the molecule is Cc1ccc(N)c(C)c1S(=O)(=O)NCCCN1CCCC1. The van der Waals surface area contributed by atoms with Crippen molar-refractivity contribution in [2.75, 3.05) is 31.9 Å². The highest BCUT2D eigenvalue weighted by molar-refractivity contribution is 7.89.